The predicted molar refractivity (Wildman–Crippen MR) is 79.8 cm³/mol. The van der Waals surface area contributed by atoms with E-state index in [2.05, 4.69) is 48.7 Å². The van der Waals surface area contributed by atoms with Gasteiger partial charge in [-0.15, -0.1) is 0 Å². The summed E-state index contributed by atoms with van der Waals surface area (Å²) in [5.74, 6) is 0. The van der Waals surface area contributed by atoms with Gasteiger partial charge in [0, 0.05) is 4.48 Å². The van der Waals surface area contributed by atoms with Crippen LogP contribution in [0.4, 0.5) is 5.69 Å². The minimum Gasteiger partial charge on any atom is -0.151 e. The fraction of sp³-hybridized carbons (Fsp3) is 0.0769. The molecule has 0 aliphatic rings. The van der Waals surface area contributed by atoms with Crippen molar-refractivity contribution in [3.05, 3.63) is 63.7 Å². The highest BCUT2D eigenvalue weighted by atomic mass is 79.9. The molecule has 0 bridgehead atoms. The Bertz CT molecular complexity index is 473. The molecule has 0 aromatic heterocycles. The molecule has 0 fully saturated rings. The molecule has 0 atom stereocenters. The van der Waals surface area contributed by atoms with Gasteiger partial charge < -0.3 is 0 Å². The molecule has 1 rings (SSSR count). The third kappa shape index (κ3) is 5.24. The molecule has 88 valence electrons. The molecule has 4 heteroatoms. The molecule has 0 aliphatic carbocycles. The van der Waals surface area contributed by atoms with Crippen molar-refractivity contribution in [3.63, 3.8) is 0 Å². The van der Waals surface area contributed by atoms with E-state index in [0.29, 0.717) is 5.70 Å². The van der Waals surface area contributed by atoms with Gasteiger partial charge in [0.1, 0.15) is 0 Å². The second-order valence-electron chi connectivity index (χ2n) is 3.31. The molecule has 1 aromatic carbocycles. The van der Waals surface area contributed by atoms with Gasteiger partial charge in [-0.25, -0.2) is 0 Å². The maximum absolute atomic E-state index is 4.07. The molecule has 0 heterocycles. The van der Waals surface area contributed by atoms with Gasteiger partial charge in [0.15, 0.2) is 0 Å². The number of azo groups is 1. The lowest BCUT2D eigenvalue weighted by Crippen LogP contribution is -1.75. The van der Waals surface area contributed by atoms with Crippen LogP contribution in [0.25, 0.3) is 0 Å². The smallest absolute Gasteiger partial charge is 0.0857 e. The lowest BCUT2D eigenvalue weighted by Gasteiger charge is -1.97. The number of halogens is 2. The summed E-state index contributed by atoms with van der Waals surface area (Å²) >= 11 is 6.70. The molecule has 0 amide bonds. The monoisotopic (exact) mass is 354 g/mol. The molecule has 0 saturated heterocycles. The highest BCUT2D eigenvalue weighted by Crippen LogP contribution is 2.20. The van der Waals surface area contributed by atoms with Crippen LogP contribution in [0.15, 0.2) is 74.0 Å². The van der Waals surface area contributed by atoms with Crippen LogP contribution in [0.2, 0.25) is 0 Å². The summed E-state index contributed by atoms with van der Waals surface area (Å²) in [5.41, 5.74) is 2.46. The van der Waals surface area contributed by atoms with E-state index in [9.17, 15) is 0 Å². The van der Waals surface area contributed by atoms with Gasteiger partial charge in [0.25, 0.3) is 0 Å². The van der Waals surface area contributed by atoms with Crippen molar-refractivity contribution < 1.29 is 0 Å². The summed E-state index contributed by atoms with van der Waals surface area (Å²) in [6.07, 6.45) is 1.82. The van der Waals surface area contributed by atoms with E-state index in [1.165, 1.54) is 0 Å². The van der Waals surface area contributed by atoms with Gasteiger partial charge in [0.05, 0.1) is 11.4 Å². The average Bonchev–Trinajstić information content (AvgIpc) is 2.36. The van der Waals surface area contributed by atoms with Crippen molar-refractivity contribution in [1.29, 1.82) is 0 Å². The van der Waals surface area contributed by atoms with Crippen LogP contribution in [0.1, 0.15) is 6.92 Å². The van der Waals surface area contributed by atoms with Crippen LogP contribution < -0.4 is 0 Å². The number of hydrogen-bond donors (Lipinski definition) is 0. The standard InChI is InChI=1S/C13H12Br2N2/c1-10(9-14)13(15)8-11(2)16-17-12-6-4-3-5-7-12/h3-9H,2H2,1H3/b10-9+,13-8+,17-16+. The van der Waals surface area contributed by atoms with E-state index < -0.39 is 0 Å². The largest absolute Gasteiger partial charge is 0.151 e. The second kappa shape index (κ2) is 7.35. The zero-order valence-electron chi connectivity index (χ0n) is 9.40. The molecule has 0 N–H and O–H groups in total. The van der Waals surface area contributed by atoms with Crippen molar-refractivity contribution in [2.75, 3.05) is 0 Å². The zero-order chi connectivity index (χ0) is 12.7. The van der Waals surface area contributed by atoms with Crippen LogP contribution in [0.5, 0.6) is 0 Å². The average molecular weight is 356 g/mol. The van der Waals surface area contributed by atoms with E-state index >= 15 is 0 Å². The Labute approximate surface area is 118 Å². The summed E-state index contributed by atoms with van der Waals surface area (Å²) in [7, 11) is 0. The summed E-state index contributed by atoms with van der Waals surface area (Å²) in [6, 6.07) is 9.55. The maximum Gasteiger partial charge on any atom is 0.0857 e. The zero-order valence-corrected chi connectivity index (χ0v) is 12.6. The van der Waals surface area contributed by atoms with Crippen molar-refractivity contribution in [1.82, 2.24) is 0 Å². The summed E-state index contributed by atoms with van der Waals surface area (Å²) in [6.45, 7) is 5.79. The molecule has 17 heavy (non-hydrogen) atoms. The molecule has 0 unspecified atom stereocenters. The number of rotatable bonds is 4. The minimum absolute atomic E-state index is 0.592. The first-order chi connectivity index (χ1) is 8.13. The van der Waals surface area contributed by atoms with E-state index in [0.717, 1.165) is 15.7 Å². The Balaban J connectivity index is 2.71. The van der Waals surface area contributed by atoms with Gasteiger partial charge in [-0.05, 0) is 35.7 Å². The summed E-state index contributed by atoms with van der Waals surface area (Å²) < 4.78 is 0.923. The highest BCUT2D eigenvalue weighted by molar-refractivity contribution is 9.12. The maximum atomic E-state index is 4.07. The van der Waals surface area contributed by atoms with Crippen molar-refractivity contribution in [2.45, 2.75) is 6.92 Å². The van der Waals surface area contributed by atoms with E-state index in [-0.39, 0.29) is 0 Å². The Morgan fingerprint density at radius 3 is 2.53 bits per heavy atom. The third-order valence-electron chi connectivity index (χ3n) is 1.88. The number of benzene rings is 1. The molecular formula is C13H12Br2N2. The number of hydrogen-bond acceptors (Lipinski definition) is 2. The van der Waals surface area contributed by atoms with E-state index in [4.69, 9.17) is 0 Å². The highest BCUT2D eigenvalue weighted by Gasteiger charge is 1.95. The predicted octanol–water partition coefficient (Wildman–Crippen LogP) is 5.86. The molecule has 1 aromatic rings. The summed E-state index contributed by atoms with van der Waals surface area (Å²) in [5, 5.41) is 8.11. The topological polar surface area (TPSA) is 24.7 Å². The second-order valence-corrected chi connectivity index (χ2v) is 4.62. The summed E-state index contributed by atoms with van der Waals surface area (Å²) in [4.78, 5) is 1.83. The Morgan fingerprint density at radius 2 is 1.94 bits per heavy atom. The van der Waals surface area contributed by atoms with Gasteiger partial charge in [-0.3, -0.25) is 0 Å². The Morgan fingerprint density at radius 1 is 1.29 bits per heavy atom. The normalized spacial score (nSPS) is 13.1. The van der Waals surface area contributed by atoms with Crippen LogP contribution >= 0.6 is 31.9 Å². The lowest BCUT2D eigenvalue weighted by molar-refractivity contribution is 1.18. The molecular weight excluding hydrogens is 344 g/mol. The fourth-order valence-electron chi connectivity index (χ4n) is 0.958. The molecule has 0 radical (unpaired) electrons. The third-order valence-corrected chi connectivity index (χ3v) is 3.42. The fourth-order valence-corrected chi connectivity index (χ4v) is 1.89. The number of allylic oxidation sites excluding steroid dienone is 3. The molecule has 0 saturated carbocycles. The van der Waals surface area contributed by atoms with Crippen molar-refractivity contribution in [2.24, 2.45) is 10.2 Å². The molecule has 0 spiro atoms. The van der Waals surface area contributed by atoms with Crippen molar-refractivity contribution in [3.8, 4) is 0 Å². The van der Waals surface area contributed by atoms with Gasteiger partial charge >= 0.3 is 0 Å². The van der Waals surface area contributed by atoms with Gasteiger partial charge in [-0.2, -0.15) is 10.2 Å². The van der Waals surface area contributed by atoms with Gasteiger partial charge in [0.2, 0.25) is 0 Å². The van der Waals surface area contributed by atoms with Crippen LogP contribution in [-0.4, -0.2) is 0 Å². The van der Waals surface area contributed by atoms with E-state index in [1.54, 1.807) is 0 Å². The number of nitrogens with zero attached hydrogens (tertiary/aromatic N) is 2. The lowest BCUT2D eigenvalue weighted by atomic mass is 10.3. The molecule has 0 aliphatic heterocycles. The first-order valence-electron chi connectivity index (χ1n) is 4.93. The van der Waals surface area contributed by atoms with Crippen LogP contribution in [0, 0.1) is 0 Å². The SMILES string of the molecule is C=C(/C=C(Br)\C(C)=C\Br)/N=N/c1ccccc1. The van der Waals surface area contributed by atoms with Crippen LogP contribution in [0.3, 0.4) is 0 Å². The quantitative estimate of drug-likeness (QED) is 0.477. The van der Waals surface area contributed by atoms with Crippen LogP contribution in [-0.2, 0) is 0 Å². The molecule has 2 nitrogen and oxygen atoms in total. The first-order valence-corrected chi connectivity index (χ1v) is 6.64. The first kappa shape index (κ1) is 14.1. The van der Waals surface area contributed by atoms with Gasteiger partial charge in [-0.1, -0.05) is 56.6 Å². The minimum atomic E-state index is 0.592. The Hall–Kier alpha value is -1.00. The van der Waals surface area contributed by atoms with E-state index in [1.807, 2.05) is 48.3 Å². The Kier molecular flexibility index (Phi) is 6.08. The van der Waals surface area contributed by atoms with Crippen molar-refractivity contribution >= 4 is 37.5 Å².